The molecule has 0 saturated carbocycles. The number of fused-ring (bicyclic) bond motifs is 3. The summed E-state index contributed by atoms with van der Waals surface area (Å²) in [5.74, 6) is 1.81. The first-order chi connectivity index (χ1) is 10.7. The van der Waals surface area contributed by atoms with Crippen molar-refractivity contribution in [2.45, 2.75) is 33.0 Å². The van der Waals surface area contributed by atoms with Crippen LogP contribution in [0.2, 0.25) is 0 Å². The summed E-state index contributed by atoms with van der Waals surface area (Å²) in [6.45, 7) is 4.66. The Balaban J connectivity index is 1.79. The fourth-order valence-electron chi connectivity index (χ4n) is 2.89. The molecule has 0 saturated heterocycles. The van der Waals surface area contributed by atoms with Crippen LogP contribution >= 0.6 is 11.3 Å². The lowest BCUT2D eigenvalue weighted by atomic mass is 10.0. The highest BCUT2D eigenvalue weighted by molar-refractivity contribution is 7.12. The van der Waals surface area contributed by atoms with Crippen LogP contribution in [0, 0.1) is 6.92 Å². The molecule has 0 radical (unpaired) electrons. The summed E-state index contributed by atoms with van der Waals surface area (Å²) in [5.41, 5.74) is 3.92. The summed E-state index contributed by atoms with van der Waals surface area (Å²) >= 11 is 1.75. The predicted molar refractivity (Wildman–Crippen MR) is 86.4 cm³/mol. The van der Waals surface area contributed by atoms with Crippen molar-refractivity contribution in [2.75, 3.05) is 0 Å². The van der Waals surface area contributed by atoms with Crippen molar-refractivity contribution in [3.8, 4) is 5.00 Å². The molecule has 1 aromatic carbocycles. The molecule has 5 heteroatoms. The quantitative estimate of drug-likeness (QED) is 0.722. The van der Waals surface area contributed by atoms with E-state index >= 15 is 0 Å². The van der Waals surface area contributed by atoms with Gasteiger partial charge in [0.2, 0.25) is 0 Å². The lowest BCUT2D eigenvalue weighted by Crippen LogP contribution is -2.04. The molecule has 1 atom stereocenters. The van der Waals surface area contributed by atoms with Gasteiger partial charge in [-0.25, -0.2) is 0 Å². The molecule has 1 aliphatic rings. The normalized spacial score (nSPS) is 16.9. The smallest absolute Gasteiger partial charge is 0.167 e. The average Bonchev–Trinajstić information content (AvgIpc) is 3.05. The van der Waals surface area contributed by atoms with Gasteiger partial charge in [0.1, 0.15) is 16.9 Å². The number of aryl methyl sites for hydroxylation is 1. The number of benzene rings is 1. The fourth-order valence-corrected chi connectivity index (χ4v) is 4.03. The fraction of sp³-hybridized carbons (Fsp3) is 0.294. The average molecular weight is 311 g/mol. The van der Waals surface area contributed by atoms with E-state index in [4.69, 9.17) is 4.74 Å². The highest BCUT2D eigenvalue weighted by atomic mass is 32.1. The van der Waals surface area contributed by atoms with E-state index in [-0.39, 0.29) is 6.10 Å². The Kier molecular flexibility index (Phi) is 3.32. The maximum absolute atomic E-state index is 5.99. The summed E-state index contributed by atoms with van der Waals surface area (Å²) < 4.78 is 8.13. The first-order valence-corrected chi connectivity index (χ1v) is 8.29. The second-order valence-corrected chi connectivity index (χ2v) is 6.46. The molecule has 0 fully saturated rings. The van der Waals surface area contributed by atoms with Crippen LogP contribution in [0.15, 0.2) is 35.7 Å². The third-order valence-corrected chi connectivity index (χ3v) is 5.14. The second kappa shape index (κ2) is 5.34. The SMILES string of the molecule is Cc1nnc2n1-c1scc(Cc3ccccc3)c1COC2C. The molecule has 1 unspecified atom stereocenters. The summed E-state index contributed by atoms with van der Waals surface area (Å²) in [4.78, 5) is 0. The van der Waals surface area contributed by atoms with E-state index in [9.17, 15) is 0 Å². The minimum atomic E-state index is -0.0367. The number of hydrogen-bond donors (Lipinski definition) is 0. The molecule has 1 aliphatic heterocycles. The van der Waals surface area contributed by atoms with Crippen molar-refractivity contribution >= 4 is 11.3 Å². The summed E-state index contributed by atoms with van der Waals surface area (Å²) in [5, 5.41) is 11.9. The summed E-state index contributed by atoms with van der Waals surface area (Å²) in [6.07, 6.45) is 0.895. The molecule has 4 rings (SSSR count). The molecule has 0 aliphatic carbocycles. The van der Waals surface area contributed by atoms with Crippen LogP contribution in [0.5, 0.6) is 0 Å². The number of rotatable bonds is 2. The van der Waals surface area contributed by atoms with Gasteiger partial charge < -0.3 is 4.74 Å². The molecule has 3 heterocycles. The zero-order valence-corrected chi connectivity index (χ0v) is 13.4. The van der Waals surface area contributed by atoms with Crippen LogP contribution in [0.3, 0.4) is 0 Å². The molecule has 0 spiro atoms. The van der Waals surface area contributed by atoms with Crippen molar-refractivity contribution in [2.24, 2.45) is 0 Å². The summed E-state index contributed by atoms with van der Waals surface area (Å²) in [6, 6.07) is 10.6. The van der Waals surface area contributed by atoms with Crippen LogP contribution in [-0.2, 0) is 17.8 Å². The minimum absolute atomic E-state index is 0.0367. The van der Waals surface area contributed by atoms with E-state index < -0.39 is 0 Å². The lowest BCUT2D eigenvalue weighted by molar-refractivity contribution is 0.0493. The minimum Gasteiger partial charge on any atom is -0.366 e. The maximum atomic E-state index is 5.99. The molecule has 0 amide bonds. The Morgan fingerprint density at radius 3 is 2.91 bits per heavy atom. The van der Waals surface area contributed by atoms with Crippen molar-refractivity contribution in [3.05, 3.63) is 64.1 Å². The Labute approximate surface area is 133 Å². The number of ether oxygens (including phenoxy) is 1. The zero-order valence-electron chi connectivity index (χ0n) is 12.6. The van der Waals surface area contributed by atoms with Crippen molar-refractivity contribution in [1.82, 2.24) is 14.8 Å². The van der Waals surface area contributed by atoms with E-state index in [1.165, 1.54) is 21.7 Å². The van der Waals surface area contributed by atoms with Crippen molar-refractivity contribution in [1.29, 1.82) is 0 Å². The topological polar surface area (TPSA) is 39.9 Å². The van der Waals surface area contributed by atoms with Gasteiger partial charge in [-0.1, -0.05) is 30.3 Å². The van der Waals surface area contributed by atoms with E-state index in [2.05, 4.69) is 50.5 Å². The molecule has 0 bridgehead atoms. The van der Waals surface area contributed by atoms with Gasteiger partial charge in [0.25, 0.3) is 0 Å². The molecule has 22 heavy (non-hydrogen) atoms. The van der Waals surface area contributed by atoms with E-state index in [1.807, 2.05) is 13.8 Å². The maximum Gasteiger partial charge on any atom is 0.167 e. The van der Waals surface area contributed by atoms with Gasteiger partial charge in [-0.05, 0) is 36.8 Å². The molecule has 112 valence electrons. The zero-order chi connectivity index (χ0) is 15.1. The highest BCUT2D eigenvalue weighted by Crippen LogP contribution is 2.35. The molecule has 3 aromatic rings. The molecular weight excluding hydrogens is 294 g/mol. The van der Waals surface area contributed by atoms with E-state index in [0.717, 1.165) is 18.1 Å². The van der Waals surface area contributed by atoms with Gasteiger partial charge in [0.15, 0.2) is 5.82 Å². The Morgan fingerprint density at radius 2 is 2.09 bits per heavy atom. The predicted octanol–water partition coefficient (Wildman–Crippen LogP) is 3.82. The Morgan fingerprint density at radius 1 is 1.27 bits per heavy atom. The standard InChI is InChI=1S/C17H17N3OS/c1-11-16-19-18-12(2)20(16)17-15(9-21-11)14(10-22-17)8-13-6-4-3-5-7-13/h3-7,10-11H,8-9H2,1-2H3. The second-order valence-electron chi connectivity index (χ2n) is 5.60. The molecular formula is C17H17N3OS. The number of nitrogens with zero attached hydrogens (tertiary/aromatic N) is 3. The molecule has 4 nitrogen and oxygen atoms in total. The number of aromatic nitrogens is 3. The van der Waals surface area contributed by atoms with Gasteiger partial charge in [0.05, 0.1) is 6.61 Å². The van der Waals surface area contributed by atoms with Gasteiger partial charge in [-0.15, -0.1) is 21.5 Å². The first kappa shape index (κ1) is 13.7. The molecule has 0 N–H and O–H groups in total. The van der Waals surface area contributed by atoms with Gasteiger partial charge in [-0.2, -0.15) is 0 Å². The lowest BCUT2D eigenvalue weighted by Gasteiger charge is -2.08. The van der Waals surface area contributed by atoms with Gasteiger partial charge >= 0.3 is 0 Å². The van der Waals surface area contributed by atoms with Crippen LogP contribution in [0.4, 0.5) is 0 Å². The van der Waals surface area contributed by atoms with E-state index in [1.54, 1.807) is 11.3 Å². The number of hydrogen-bond acceptors (Lipinski definition) is 4. The van der Waals surface area contributed by atoms with Crippen molar-refractivity contribution < 1.29 is 4.74 Å². The third-order valence-electron chi connectivity index (χ3n) is 4.09. The van der Waals surface area contributed by atoms with Gasteiger partial charge in [0, 0.05) is 5.56 Å². The number of thiophene rings is 1. The summed E-state index contributed by atoms with van der Waals surface area (Å²) in [7, 11) is 0. The van der Waals surface area contributed by atoms with Crippen LogP contribution in [-0.4, -0.2) is 14.8 Å². The van der Waals surface area contributed by atoms with E-state index in [0.29, 0.717) is 6.61 Å². The Bertz CT molecular complexity index is 807. The van der Waals surface area contributed by atoms with Crippen LogP contribution < -0.4 is 0 Å². The first-order valence-electron chi connectivity index (χ1n) is 7.41. The Hall–Kier alpha value is -1.98. The molecule has 2 aromatic heterocycles. The van der Waals surface area contributed by atoms with Crippen LogP contribution in [0.25, 0.3) is 5.00 Å². The largest absolute Gasteiger partial charge is 0.366 e. The highest BCUT2D eigenvalue weighted by Gasteiger charge is 2.26. The third kappa shape index (κ3) is 2.17. The monoisotopic (exact) mass is 311 g/mol. The van der Waals surface area contributed by atoms with Crippen molar-refractivity contribution in [3.63, 3.8) is 0 Å². The van der Waals surface area contributed by atoms with Gasteiger partial charge in [-0.3, -0.25) is 4.57 Å². The van der Waals surface area contributed by atoms with Crippen LogP contribution in [0.1, 0.15) is 41.4 Å².